The van der Waals surface area contributed by atoms with Gasteiger partial charge in [-0.2, -0.15) is 16.8 Å². The summed E-state index contributed by atoms with van der Waals surface area (Å²) in [5.74, 6) is -4.92. The first-order valence-corrected chi connectivity index (χ1v) is 14.1. The molecule has 0 radical (unpaired) electrons. The van der Waals surface area contributed by atoms with Crippen molar-refractivity contribution in [2.45, 2.75) is 9.79 Å². The molecule has 12 nitrogen and oxygen atoms in total. The SMILES string of the molecule is O=C1c2cc(S(=O)(=O)O)c([O-])c(Nc3ccccc3)c2C(=O)c2cc(S(=O)(=O)O)c([O-])c(Nc3ccccc3)c21.[Na+].[Na+]. The molecule has 204 valence electrons. The Morgan fingerprint density at radius 1 is 0.571 bits per heavy atom. The Labute approximate surface area is 283 Å². The molecule has 4 aromatic carbocycles. The van der Waals surface area contributed by atoms with Crippen LogP contribution in [0.25, 0.3) is 0 Å². The molecule has 1 aliphatic carbocycles. The van der Waals surface area contributed by atoms with Crippen molar-refractivity contribution in [3.05, 3.63) is 95.1 Å². The van der Waals surface area contributed by atoms with Gasteiger partial charge in [-0.15, -0.1) is 0 Å². The van der Waals surface area contributed by atoms with E-state index < -0.39 is 86.7 Å². The Morgan fingerprint density at radius 2 is 0.881 bits per heavy atom. The standard InChI is InChI=1S/C26H18N2O10S2.2Na/c29-23-16-12-18(40(36,37)38)26(32)22(28-14-9-5-2-6-10-14)20(16)24(30)15-11-17(39(33,34)35)25(31)21(19(15)23)27-13-7-3-1-4-8-13;;/h1-12,27-28,31-32H,(H,33,34,35)(H,36,37,38);;/q;2*+1/p-2. The molecule has 42 heavy (non-hydrogen) atoms. The van der Waals surface area contributed by atoms with E-state index in [1.807, 2.05) is 0 Å². The van der Waals surface area contributed by atoms with Gasteiger partial charge in [-0.25, -0.2) is 0 Å². The Hall–Kier alpha value is -2.76. The number of rotatable bonds is 6. The number of carbonyl (C=O) groups is 2. The number of hydrogen-bond donors (Lipinski definition) is 4. The number of carbonyl (C=O) groups excluding carboxylic acids is 2. The monoisotopic (exact) mass is 626 g/mol. The van der Waals surface area contributed by atoms with E-state index in [4.69, 9.17) is 0 Å². The number of benzene rings is 4. The summed E-state index contributed by atoms with van der Waals surface area (Å²) in [5, 5.41) is 31.6. The van der Waals surface area contributed by atoms with Gasteiger partial charge in [0, 0.05) is 33.9 Å². The number of para-hydroxylation sites is 2. The van der Waals surface area contributed by atoms with Crippen LogP contribution in [-0.2, 0) is 20.2 Å². The van der Waals surface area contributed by atoms with Gasteiger partial charge in [0.25, 0.3) is 20.2 Å². The zero-order valence-electron chi connectivity index (χ0n) is 21.9. The van der Waals surface area contributed by atoms with Crippen molar-refractivity contribution in [3.63, 3.8) is 0 Å². The van der Waals surface area contributed by atoms with E-state index in [0.29, 0.717) is 12.1 Å². The molecule has 0 amide bonds. The molecular weight excluding hydrogens is 610 g/mol. The molecule has 0 bridgehead atoms. The topological polar surface area (TPSA) is 213 Å². The average Bonchev–Trinajstić information content (AvgIpc) is 2.89. The molecule has 4 aromatic rings. The molecule has 0 saturated heterocycles. The van der Waals surface area contributed by atoms with Crippen molar-refractivity contribution >= 4 is 54.6 Å². The van der Waals surface area contributed by atoms with Crippen LogP contribution in [0.1, 0.15) is 31.8 Å². The van der Waals surface area contributed by atoms with Gasteiger partial charge in [-0.1, -0.05) is 47.9 Å². The molecule has 1 aliphatic rings. The van der Waals surface area contributed by atoms with Crippen LogP contribution < -0.4 is 80.0 Å². The molecule has 4 N–H and O–H groups in total. The summed E-state index contributed by atoms with van der Waals surface area (Å²) in [5.41, 5.74) is -3.47. The first-order valence-electron chi connectivity index (χ1n) is 11.2. The number of fused-ring (bicyclic) bond motifs is 2. The molecule has 0 unspecified atom stereocenters. The zero-order valence-corrected chi connectivity index (χ0v) is 27.5. The van der Waals surface area contributed by atoms with E-state index in [0.717, 1.165) is 0 Å². The van der Waals surface area contributed by atoms with Gasteiger partial charge in [-0.3, -0.25) is 18.7 Å². The second-order valence-corrected chi connectivity index (χ2v) is 11.4. The maximum absolute atomic E-state index is 13.8. The third kappa shape index (κ3) is 6.14. The van der Waals surface area contributed by atoms with Gasteiger partial charge in [0.1, 0.15) is 0 Å². The fraction of sp³-hybridized carbons (Fsp3) is 0. The van der Waals surface area contributed by atoms with Crippen LogP contribution in [0.15, 0.2) is 82.6 Å². The smallest absolute Gasteiger partial charge is 0.870 e. The molecule has 0 aromatic heterocycles. The first kappa shape index (κ1) is 33.7. The largest absolute Gasteiger partial charge is 1.00 e. The molecule has 0 spiro atoms. The number of hydrogen-bond acceptors (Lipinski definition) is 10. The Kier molecular flexibility index (Phi) is 10.0. The summed E-state index contributed by atoms with van der Waals surface area (Å²) in [7, 11) is -10.4. The summed E-state index contributed by atoms with van der Waals surface area (Å²) in [6.45, 7) is 0. The Morgan fingerprint density at radius 3 is 1.17 bits per heavy atom. The van der Waals surface area contributed by atoms with Gasteiger partial charge in [0.2, 0.25) is 0 Å². The second kappa shape index (κ2) is 12.5. The van der Waals surface area contributed by atoms with Crippen molar-refractivity contribution < 1.29 is 105 Å². The van der Waals surface area contributed by atoms with Gasteiger partial charge >= 0.3 is 59.1 Å². The maximum Gasteiger partial charge on any atom is 1.00 e. The number of anilines is 4. The zero-order chi connectivity index (χ0) is 29.0. The minimum atomic E-state index is -5.20. The van der Waals surface area contributed by atoms with Gasteiger partial charge in [0.15, 0.2) is 11.6 Å². The van der Waals surface area contributed by atoms with Crippen molar-refractivity contribution in [1.29, 1.82) is 0 Å². The van der Waals surface area contributed by atoms with Crippen molar-refractivity contribution in [2.75, 3.05) is 10.6 Å². The third-order valence-electron chi connectivity index (χ3n) is 6.08. The molecule has 0 saturated carbocycles. The summed E-state index contributed by atoms with van der Waals surface area (Å²) < 4.78 is 67.7. The molecule has 0 heterocycles. The van der Waals surface area contributed by atoms with Gasteiger partial charge in [-0.05, 0) is 36.4 Å². The summed E-state index contributed by atoms with van der Waals surface area (Å²) in [4.78, 5) is 25.2. The molecule has 16 heteroatoms. The van der Waals surface area contributed by atoms with Crippen LogP contribution in [0, 0.1) is 0 Å². The van der Waals surface area contributed by atoms with E-state index in [-0.39, 0.29) is 70.5 Å². The van der Waals surface area contributed by atoms with E-state index in [1.54, 1.807) is 36.4 Å². The predicted octanol–water partition coefficient (Wildman–Crippen LogP) is -3.40. The van der Waals surface area contributed by atoms with Crippen molar-refractivity contribution in [2.24, 2.45) is 0 Å². The quantitative estimate of drug-likeness (QED) is 0.107. The van der Waals surface area contributed by atoms with E-state index in [9.17, 15) is 45.7 Å². The van der Waals surface area contributed by atoms with Crippen LogP contribution in [0.4, 0.5) is 22.7 Å². The number of nitrogens with one attached hydrogen (secondary N) is 2. The van der Waals surface area contributed by atoms with E-state index in [2.05, 4.69) is 10.6 Å². The Bertz CT molecular complexity index is 1810. The van der Waals surface area contributed by atoms with Crippen molar-refractivity contribution in [1.82, 2.24) is 0 Å². The van der Waals surface area contributed by atoms with Crippen LogP contribution >= 0.6 is 0 Å². The second-order valence-electron chi connectivity index (χ2n) is 8.59. The Balaban J connectivity index is 0.00000242. The fourth-order valence-electron chi connectivity index (χ4n) is 4.33. The predicted molar refractivity (Wildman–Crippen MR) is 138 cm³/mol. The number of ketones is 2. The summed E-state index contributed by atoms with van der Waals surface area (Å²) >= 11 is 0. The van der Waals surface area contributed by atoms with E-state index in [1.165, 1.54) is 24.3 Å². The normalized spacial score (nSPS) is 12.3. The summed E-state index contributed by atoms with van der Waals surface area (Å²) in [6, 6.07) is 16.4. The van der Waals surface area contributed by atoms with Crippen LogP contribution in [0.5, 0.6) is 11.5 Å². The fourth-order valence-corrected chi connectivity index (χ4v) is 5.54. The van der Waals surface area contributed by atoms with Crippen LogP contribution in [0.3, 0.4) is 0 Å². The minimum Gasteiger partial charge on any atom is -0.870 e. The molecule has 5 rings (SSSR count). The van der Waals surface area contributed by atoms with Gasteiger partial charge in [0.05, 0.1) is 20.9 Å². The molecular formula is C26H16N2Na2O10S2. The molecule has 0 fully saturated rings. The average molecular weight is 627 g/mol. The van der Waals surface area contributed by atoms with Gasteiger partial charge < -0.3 is 20.8 Å². The van der Waals surface area contributed by atoms with Crippen LogP contribution in [0.2, 0.25) is 0 Å². The molecule has 0 aliphatic heterocycles. The molecule has 0 atom stereocenters. The van der Waals surface area contributed by atoms with E-state index >= 15 is 0 Å². The van der Waals surface area contributed by atoms with Crippen molar-refractivity contribution in [3.8, 4) is 11.5 Å². The first-order chi connectivity index (χ1) is 18.8. The summed E-state index contributed by atoms with van der Waals surface area (Å²) in [6.07, 6.45) is 0. The minimum absolute atomic E-state index is 0. The maximum atomic E-state index is 13.8. The van der Waals surface area contributed by atoms with Crippen LogP contribution in [-0.4, -0.2) is 37.5 Å². The third-order valence-corrected chi connectivity index (χ3v) is 7.79.